The number of halogens is 6. The Hall–Kier alpha value is 3.10. The fraction of sp³-hybridized carbons (Fsp3) is 0.593. The van der Waals surface area contributed by atoms with Gasteiger partial charge in [-0.2, -0.15) is 0 Å². The summed E-state index contributed by atoms with van der Waals surface area (Å²) in [5.41, 5.74) is 5.93. The van der Waals surface area contributed by atoms with Gasteiger partial charge in [0.15, 0.2) is 0 Å². The molecule has 16 heteroatoms. The van der Waals surface area contributed by atoms with Crippen molar-refractivity contribution in [2.75, 3.05) is 13.1 Å². The summed E-state index contributed by atoms with van der Waals surface area (Å²) in [7, 11) is 7.09. The van der Waals surface area contributed by atoms with Crippen LogP contribution < -0.4 is 0 Å². The Bertz CT molecular complexity index is 2000. The van der Waals surface area contributed by atoms with Gasteiger partial charge in [0.05, 0.1) is 16.1 Å². The third kappa shape index (κ3) is 16.3. The van der Waals surface area contributed by atoms with Gasteiger partial charge in [0.2, 0.25) is 0 Å². The topological polar surface area (TPSA) is 28.2 Å². The van der Waals surface area contributed by atoms with E-state index in [1.165, 1.54) is 43.6 Å². The van der Waals surface area contributed by atoms with E-state index in [1.54, 1.807) is 19.6 Å². The first kappa shape index (κ1) is 74.2. The van der Waals surface area contributed by atoms with Crippen LogP contribution in [0.4, 0.5) is 11.4 Å². The van der Waals surface area contributed by atoms with Crippen LogP contribution in [-0.2, 0) is 47.1 Å². The average molecular weight is 1580 g/mol. The molecule has 16 unspecified atom stereocenters. The molecule has 0 amide bonds. The van der Waals surface area contributed by atoms with Crippen molar-refractivity contribution in [2.24, 2.45) is 47.3 Å². The fourth-order valence-corrected chi connectivity index (χ4v) is 41.7. The number of fused-ring (bicyclic) bond motifs is 4. The van der Waals surface area contributed by atoms with E-state index in [4.69, 9.17) is 17.0 Å². The summed E-state index contributed by atoms with van der Waals surface area (Å²) in [5.74, 6) is 6.75. The van der Waals surface area contributed by atoms with Crippen LogP contribution in [0.1, 0.15) is 87.5 Å². The molecule has 0 saturated heterocycles. The maximum absolute atomic E-state index is 4.93. The Morgan fingerprint density at radius 2 is 0.680 bits per heavy atom. The van der Waals surface area contributed by atoms with Crippen LogP contribution >= 0.6 is 128 Å². The number of nitrogens with zero attached hydrogens (tertiary/aromatic N) is 2. The molecule has 0 N–H and O–H groups in total. The van der Waals surface area contributed by atoms with Gasteiger partial charge >= 0.3 is 64.1 Å². The maximum atomic E-state index is 4.93. The summed E-state index contributed by atoms with van der Waals surface area (Å²) < 4.78 is 6.15. The molecule has 16 atom stereocenters. The molecule has 0 bridgehead atoms. The minimum absolute atomic E-state index is 0. The summed E-state index contributed by atoms with van der Waals surface area (Å²) in [4.78, 5) is 6.24. The second-order valence-corrected chi connectivity index (χ2v) is 45.5. The summed E-state index contributed by atoms with van der Waals surface area (Å²) in [6.45, 7) is 32.2. The maximum Gasteiger partial charge on any atom is 4.00 e. The Labute approximate surface area is 550 Å². The van der Waals surface area contributed by atoms with Gasteiger partial charge in [-0.15, -0.1) is 71.5 Å². The Morgan fingerprint density at radius 3 is 0.893 bits per heavy atom. The minimum Gasteiger partial charge on any atom is -0.684 e. The van der Waals surface area contributed by atoms with Crippen molar-refractivity contribution in [2.45, 2.75) is 157 Å². The van der Waals surface area contributed by atoms with Crippen molar-refractivity contribution in [3.63, 3.8) is 0 Å². The molecule has 2 aromatic rings. The van der Waals surface area contributed by atoms with E-state index >= 15 is 0 Å². The zero-order valence-corrected chi connectivity index (χ0v) is 65.8. The number of para-hydroxylation sites is 2. The quantitative estimate of drug-likeness (QED) is 0.135. The van der Waals surface area contributed by atoms with Gasteiger partial charge in [-0.3, -0.25) is 0 Å². The van der Waals surface area contributed by atoms with E-state index < -0.39 is 37.0 Å². The average Bonchev–Trinajstić information content (AvgIpc) is 4.19. The van der Waals surface area contributed by atoms with Gasteiger partial charge in [0.1, 0.15) is 0 Å². The number of allylic oxidation sites excluding steroid dienone is 8. The zero-order valence-electron chi connectivity index (χ0n) is 47.8. The summed E-state index contributed by atoms with van der Waals surface area (Å²) in [6, 6.07) is 20.1. The first-order chi connectivity index (χ1) is 33.1. The predicted molar refractivity (Wildman–Crippen MR) is 362 cm³/mol. The molecule has 4 aliphatic heterocycles. The van der Waals surface area contributed by atoms with Crippen molar-refractivity contribution in [1.29, 1.82) is 0 Å². The van der Waals surface area contributed by atoms with E-state index in [0.29, 0.717) is 0 Å². The van der Waals surface area contributed by atoms with Gasteiger partial charge in [-0.1, -0.05) is 185 Å². The molecule has 8 aliphatic rings. The second kappa shape index (κ2) is 32.6. The van der Waals surface area contributed by atoms with Crippen LogP contribution in [0, 0.1) is 77.0 Å². The molecule has 4 fully saturated rings. The van der Waals surface area contributed by atoms with Crippen LogP contribution in [0.5, 0.6) is 0 Å². The molecule has 2 aromatic carbocycles. The SMILES string of the molecule is CC1=C(Br)C2CC(C)C([Si](C)(C)C3C(C)CC4C(Br)=C(C)SC43)C2S1.CC1=C(Br)C2CC(C)C([Si](C)(C)C3C(C)CC4C(Br)=C(C)SC43)C2S1.[CH3-].[CH3-].[CH3-].[CH3-].[Cl][Zr+2][Cl].[Zr+4].c1ccc([N-]CCC[N-]c2ccccc2)cc1. The van der Waals surface area contributed by atoms with Crippen molar-refractivity contribution in [3.8, 4) is 0 Å². The van der Waals surface area contributed by atoms with E-state index in [-0.39, 0.29) is 55.9 Å². The molecule has 0 aromatic heterocycles. The van der Waals surface area contributed by atoms with E-state index in [1.807, 2.05) is 60.7 Å². The summed E-state index contributed by atoms with van der Waals surface area (Å²) >= 11 is 23.8. The van der Waals surface area contributed by atoms with Crippen molar-refractivity contribution >= 4 is 155 Å². The predicted octanol–water partition coefficient (Wildman–Crippen LogP) is 24.4. The Balaban J connectivity index is 0.000000369. The Morgan fingerprint density at radius 1 is 0.467 bits per heavy atom. The van der Waals surface area contributed by atoms with E-state index in [2.05, 4.69) is 203 Å². The molecule has 4 heterocycles. The number of hydrogen-bond donors (Lipinski definition) is 0. The monoisotopic (exact) mass is 1570 g/mol. The molecule has 2 nitrogen and oxygen atoms in total. The second-order valence-electron chi connectivity index (χ2n) is 22.8. The molecule has 0 spiro atoms. The van der Waals surface area contributed by atoms with Gasteiger partial charge in [0.25, 0.3) is 0 Å². The smallest absolute Gasteiger partial charge is 0.684 e. The van der Waals surface area contributed by atoms with Crippen molar-refractivity contribution < 1.29 is 47.1 Å². The van der Waals surface area contributed by atoms with Crippen LogP contribution in [0.15, 0.2) is 98.2 Å². The standard InChI is InChI=1S/2C20H30Br2S2Si.C15H16N2.4CH3.2ClH.2Zr/c2*1-9-7-13-15(21)11(3)23-17(13)19(9)25(5,6)20-10(2)8-14-16(22)12(4)24-18(14)20;1-3-8-14(9-4-1)16-12-7-13-17-15-10-5-2-6-11-15;;;;;;;;/h2*9-10,13-14,17-20H,7-8H2,1-6H3;1-6,8-11H,7,12-13H2;4*1H3;2*1H;;/q;;-2;4*-1;;;2*+4/p-2. The molecule has 10 rings (SSSR count). The third-order valence-corrected chi connectivity index (χ3v) is 40.9. The van der Waals surface area contributed by atoms with E-state index in [0.717, 1.165) is 121 Å². The minimum atomic E-state index is -1.39. The number of rotatable bonds is 10. The van der Waals surface area contributed by atoms with E-state index in [9.17, 15) is 0 Å². The molecular weight excluding hydrogens is 1490 g/mol. The first-order valence-corrected chi connectivity index (χ1v) is 45.0. The number of thioether (sulfide) groups is 4. The number of hydrogen-bond acceptors (Lipinski definition) is 4. The first-order valence-electron chi connectivity index (χ1n) is 25.7. The van der Waals surface area contributed by atoms with Crippen LogP contribution in [0.2, 0.25) is 48.4 Å². The van der Waals surface area contributed by atoms with Crippen molar-refractivity contribution in [1.82, 2.24) is 0 Å². The van der Waals surface area contributed by atoms with Gasteiger partial charge in [-0.25, -0.2) is 0 Å². The molecule has 4 saturated carbocycles. The fourth-order valence-electron chi connectivity index (χ4n) is 15.3. The number of benzene rings is 2. The van der Waals surface area contributed by atoms with Gasteiger partial charge < -0.3 is 40.3 Å². The molecule has 4 aliphatic carbocycles. The van der Waals surface area contributed by atoms with Crippen LogP contribution in [0.3, 0.4) is 0 Å². The van der Waals surface area contributed by atoms with Gasteiger partial charge in [-0.05, 0) is 119 Å². The Kier molecular flexibility index (Phi) is 32.2. The zero-order chi connectivity index (χ0) is 51.0. The molecule has 0 radical (unpaired) electrons. The van der Waals surface area contributed by atoms with Crippen LogP contribution in [0.25, 0.3) is 10.6 Å². The molecule has 75 heavy (non-hydrogen) atoms. The molecular formula is C59H88Br4Cl2N2S4Si2Zr2. The molecule has 416 valence electrons. The normalized spacial score (nSPS) is 33.7. The van der Waals surface area contributed by atoms with Crippen molar-refractivity contribution in [3.05, 3.63) is 139 Å². The third-order valence-electron chi connectivity index (χ3n) is 17.7. The summed E-state index contributed by atoms with van der Waals surface area (Å²) in [6.07, 6.45) is 6.60. The van der Waals surface area contributed by atoms with Crippen LogP contribution in [-0.4, -0.2) is 50.2 Å². The van der Waals surface area contributed by atoms with Gasteiger partial charge in [0, 0.05) is 62.6 Å². The largest absolute Gasteiger partial charge is 4.00 e. The summed E-state index contributed by atoms with van der Waals surface area (Å²) in [5, 5.41) is 12.3.